The van der Waals surface area contributed by atoms with Gasteiger partial charge in [-0.05, 0) is 46.4 Å². The standard InChI is InChI=1S/C19H16IN3O3/c20-16-7-4-8-17(9-16)22-18(24)13-26-19(25)15-10-21-23(12-15)11-14-5-2-1-3-6-14/h1-10,12H,11,13H2,(H,22,24). The lowest BCUT2D eigenvalue weighted by molar-refractivity contribution is -0.119. The Morgan fingerprint density at radius 2 is 1.92 bits per heavy atom. The molecule has 0 spiro atoms. The van der Waals surface area contributed by atoms with Crippen LogP contribution in [0.2, 0.25) is 0 Å². The highest BCUT2D eigenvalue weighted by atomic mass is 127. The van der Waals surface area contributed by atoms with Gasteiger partial charge in [0, 0.05) is 15.5 Å². The first-order valence-corrected chi connectivity index (χ1v) is 8.97. The predicted molar refractivity (Wildman–Crippen MR) is 106 cm³/mol. The van der Waals surface area contributed by atoms with Crippen molar-refractivity contribution in [3.63, 3.8) is 0 Å². The quantitative estimate of drug-likeness (QED) is 0.452. The number of benzene rings is 2. The molecule has 26 heavy (non-hydrogen) atoms. The maximum absolute atomic E-state index is 12.1. The minimum absolute atomic E-state index is 0.308. The molecular weight excluding hydrogens is 445 g/mol. The van der Waals surface area contributed by atoms with Crippen LogP contribution in [0.1, 0.15) is 15.9 Å². The van der Waals surface area contributed by atoms with Crippen LogP contribution >= 0.6 is 22.6 Å². The summed E-state index contributed by atoms with van der Waals surface area (Å²) in [6.07, 6.45) is 3.04. The summed E-state index contributed by atoms with van der Waals surface area (Å²) >= 11 is 2.16. The number of halogens is 1. The van der Waals surface area contributed by atoms with Gasteiger partial charge in [-0.25, -0.2) is 4.79 Å². The van der Waals surface area contributed by atoms with Gasteiger partial charge in [-0.2, -0.15) is 5.10 Å². The third-order valence-electron chi connectivity index (χ3n) is 3.50. The van der Waals surface area contributed by atoms with Crippen molar-refractivity contribution in [2.24, 2.45) is 0 Å². The van der Waals surface area contributed by atoms with Crippen molar-refractivity contribution in [3.05, 3.63) is 81.7 Å². The van der Waals surface area contributed by atoms with Gasteiger partial charge in [0.1, 0.15) is 0 Å². The molecule has 7 heteroatoms. The number of ether oxygens (including phenoxy) is 1. The van der Waals surface area contributed by atoms with Gasteiger partial charge in [0.25, 0.3) is 5.91 Å². The van der Waals surface area contributed by atoms with Gasteiger partial charge in [0.15, 0.2) is 6.61 Å². The van der Waals surface area contributed by atoms with Crippen LogP contribution in [0.4, 0.5) is 5.69 Å². The average molecular weight is 461 g/mol. The Hall–Kier alpha value is -2.68. The topological polar surface area (TPSA) is 73.2 Å². The fourth-order valence-corrected chi connectivity index (χ4v) is 2.85. The van der Waals surface area contributed by atoms with Crippen LogP contribution in [-0.2, 0) is 16.1 Å². The molecule has 1 N–H and O–H groups in total. The molecule has 2 aromatic carbocycles. The Morgan fingerprint density at radius 3 is 2.69 bits per heavy atom. The molecule has 0 bridgehead atoms. The van der Waals surface area contributed by atoms with Crippen molar-refractivity contribution in [2.45, 2.75) is 6.54 Å². The molecule has 0 aliphatic rings. The first-order valence-electron chi connectivity index (χ1n) is 7.89. The van der Waals surface area contributed by atoms with Crippen LogP contribution in [0.25, 0.3) is 0 Å². The van der Waals surface area contributed by atoms with Gasteiger partial charge in [0.05, 0.1) is 18.3 Å². The van der Waals surface area contributed by atoms with Crippen molar-refractivity contribution in [1.29, 1.82) is 0 Å². The second-order valence-corrected chi connectivity index (χ2v) is 6.79. The summed E-state index contributed by atoms with van der Waals surface area (Å²) in [4.78, 5) is 24.0. The molecule has 0 aliphatic heterocycles. The van der Waals surface area contributed by atoms with E-state index in [1.165, 1.54) is 6.20 Å². The van der Waals surface area contributed by atoms with E-state index in [2.05, 4.69) is 33.0 Å². The van der Waals surface area contributed by atoms with Crippen molar-refractivity contribution >= 4 is 40.2 Å². The van der Waals surface area contributed by atoms with E-state index in [-0.39, 0.29) is 6.61 Å². The third-order valence-corrected chi connectivity index (χ3v) is 4.17. The third kappa shape index (κ3) is 5.16. The van der Waals surface area contributed by atoms with Gasteiger partial charge >= 0.3 is 5.97 Å². The fraction of sp³-hybridized carbons (Fsp3) is 0.105. The maximum Gasteiger partial charge on any atom is 0.341 e. The van der Waals surface area contributed by atoms with Crippen LogP contribution in [-0.4, -0.2) is 28.3 Å². The van der Waals surface area contributed by atoms with E-state index >= 15 is 0 Å². The first kappa shape index (κ1) is 18.1. The summed E-state index contributed by atoms with van der Waals surface area (Å²) in [7, 11) is 0. The molecule has 0 fully saturated rings. The minimum Gasteiger partial charge on any atom is -0.452 e. The molecule has 132 valence electrons. The van der Waals surface area contributed by atoms with E-state index in [1.54, 1.807) is 16.9 Å². The van der Waals surface area contributed by atoms with E-state index in [1.807, 2.05) is 48.5 Å². The lowest BCUT2D eigenvalue weighted by Gasteiger charge is -2.06. The van der Waals surface area contributed by atoms with Gasteiger partial charge in [0.2, 0.25) is 0 Å². The summed E-state index contributed by atoms with van der Waals surface area (Å²) in [6.45, 7) is 0.204. The van der Waals surface area contributed by atoms with E-state index in [0.717, 1.165) is 9.13 Å². The fourth-order valence-electron chi connectivity index (χ4n) is 2.30. The number of nitrogens with zero attached hydrogens (tertiary/aromatic N) is 2. The number of rotatable bonds is 6. The number of esters is 1. The summed E-state index contributed by atoms with van der Waals surface area (Å²) in [5.41, 5.74) is 2.05. The van der Waals surface area contributed by atoms with E-state index in [0.29, 0.717) is 17.8 Å². The van der Waals surface area contributed by atoms with Crippen molar-refractivity contribution in [3.8, 4) is 0 Å². The van der Waals surface area contributed by atoms with Crippen LogP contribution < -0.4 is 5.32 Å². The Labute approximate surface area is 164 Å². The van der Waals surface area contributed by atoms with E-state index in [4.69, 9.17) is 4.74 Å². The summed E-state index contributed by atoms with van der Waals surface area (Å²) < 4.78 is 7.70. The lowest BCUT2D eigenvalue weighted by Crippen LogP contribution is -2.20. The molecule has 0 atom stereocenters. The summed E-state index contributed by atoms with van der Waals surface area (Å²) in [5.74, 6) is -0.973. The van der Waals surface area contributed by atoms with Crippen LogP contribution in [0, 0.1) is 3.57 Å². The monoisotopic (exact) mass is 461 g/mol. The molecule has 3 rings (SSSR count). The number of nitrogens with one attached hydrogen (secondary N) is 1. The van der Waals surface area contributed by atoms with Crippen LogP contribution in [0.3, 0.4) is 0 Å². The molecule has 0 radical (unpaired) electrons. The van der Waals surface area contributed by atoms with Crippen LogP contribution in [0.5, 0.6) is 0 Å². The largest absolute Gasteiger partial charge is 0.452 e. The Morgan fingerprint density at radius 1 is 1.12 bits per heavy atom. The zero-order valence-electron chi connectivity index (χ0n) is 13.8. The number of hydrogen-bond acceptors (Lipinski definition) is 4. The molecule has 0 saturated heterocycles. The number of hydrogen-bond donors (Lipinski definition) is 1. The van der Waals surface area contributed by atoms with Crippen LogP contribution in [0.15, 0.2) is 67.0 Å². The number of aromatic nitrogens is 2. The van der Waals surface area contributed by atoms with Gasteiger partial charge < -0.3 is 10.1 Å². The van der Waals surface area contributed by atoms with E-state index < -0.39 is 11.9 Å². The van der Waals surface area contributed by atoms with Gasteiger partial charge in [-0.1, -0.05) is 36.4 Å². The van der Waals surface area contributed by atoms with Gasteiger partial charge in [-0.15, -0.1) is 0 Å². The van der Waals surface area contributed by atoms with Gasteiger partial charge in [-0.3, -0.25) is 9.48 Å². The highest BCUT2D eigenvalue weighted by Crippen LogP contribution is 2.12. The molecule has 0 aliphatic carbocycles. The highest BCUT2D eigenvalue weighted by molar-refractivity contribution is 14.1. The molecule has 0 unspecified atom stereocenters. The first-order chi connectivity index (χ1) is 12.6. The summed E-state index contributed by atoms with van der Waals surface area (Å²) in [6, 6.07) is 17.2. The smallest absolute Gasteiger partial charge is 0.341 e. The highest BCUT2D eigenvalue weighted by Gasteiger charge is 2.13. The number of amides is 1. The molecule has 6 nitrogen and oxygen atoms in total. The zero-order chi connectivity index (χ0) is 18.4. The molecule has 1 heterocycles. The second-order valence-electron chi connectivity index (χ2n) is 5.55. The second kappa shape index (κ2) is 8.61. The van der Waals surface area contributed by atoms with Crippen molar-refractivity contribution in [2.75, 3.05) is 11.9 Å². The Kier molecular flexibility index (Phi) is 6.00. The normalized spacial score (nSPS) is 10.3. The Balaban J connectivity index is 1.51. The predicted octanol–water partition coefficient (Wildman–Crippen LogP) is 3.33. The van der Waals surface area contributed by atoms with Crippen molar-refractivity contribution < 1.29 is 14.3 Å². The lowest BCUT2D eigenvalue weighted by atomic mass is 10.2. The Bertz CT molecular complexity index is 909. The minimum atomic E-state index is -0.581. The molecule has 1 amide bonds. The molecular formula is C19H16IN3O3. The molecule has 3 aromatic rings. The van der Waals surface area contributed by atoms with E-state index in [9.17, 15) is 9.59 Å². The molecule has 1 aromatic heterocycles. The van der Waals surface area contributed by atoms with Crippen molar-refractivity contribution in [1.82, 2.24) is 9.78 Å². The SMILES string of the molecule is O=C(COC(=O)c1cnn(Cc2ccccc2)c1)Nc1cccc(I)c1. The number of carbonyl (C=O) groups excluding carboxylic acids is 2. The maximum atomic E-state index is 12.1. The average Bonchev–Trinajstić information content (AvgIpc) is 3.09. The molecule has 0 saturated carbocycles. The number of carbonyl (C=O) groups is 2. The zero-order valence-corrected chi connectivity index (χ0v) is 15.9. The number of anilines is 1. The summed E-state index contributed by atoms with van der Waals surface area (Å²) in [5, 5.41) is 6.84.